The third-order valence-electron chi connectivity index (χ3n) is 5.08. The highest BCUT2D eigenvalue weighted by Gasteiger charge is 2.40. The third kappa shape index (κ3) is 3.57. The van der Waals surface area contributed by atoms with Crippen molar-refractivity contribution < 1.29 is 19.2 Å². The Kier molecular flexibility index (Phi) is 4.41. The van der Waals surface area contributed by atoms with Crippen molar-refractivity contribution in [2.75, 3.05) is 6.61 Å². The van der Waals surface area contributed by atoms with Gasteiger partial charge in [-0.25, -0.2) is 0 Å². The number of nitrogens with zero attached hydrogens (tertiary/aromatic N) is 1. The van der Waals surface area contributed by atoms with E-state index in [2.05, 4.69) is 0 Å². The molecular formula is C17H19NO5. The molecule has 6 heteroatoms. The molecule has 2 bridgehead atoms. The first-order chi connectivity index (χ1) is 11.0. The molecule has 23 heavy (non-hydrogen) atoms. The summed E-state index contributed by atoms with van der Waals surface area (Å²) >= 11 is 0. The molecule has 0 aromatic heterocycles. The molecule has 0 aliphatic heterocycles. The zero-order valence-electron chi connectivity index (χ0n) is 12.8. The molecule has 2 aliphatic carbocycles. The minimum atomic E-state index is -0.524. The lowest BCUT2D eigenvalue weighted by Crippen LogP contribution is -2.19. The Morgan fingerprint density at radius 1 is 1.17 bits per heavy atom. The van der Waals surface area contributed by atoms with Crippen molar-refractivity contribution in [2.45, 2.75) is 32.1 Å². The predicted octanol–water partition coefficient (Wildman–Crippen LogP) is 3.15. The number of nitro benzene ring substituents is 1. The molecule has 1 aromatic carbocycles. The average molecular weight is 317 g/mol. The van der Waals surface area contributed by atoms with Gasteiger partial charge in [-0.3, -0.25) is 19.7 Å². The Balaban J connectivity index is 1.46. The number of rotatable bonds is 6. The van der Waals surface area contributed by atoms with Crippen LogP contribution in [0.4, 0.5) is 5.69 Å². The Hall–Kier alpha value is -2.24. The van der Waals surface area contributed by atoms with Crippen molar-refractivity contribution >= 4 is 17.4 Å². The molecule has 0 amide bonds. The van der Waals surface area contributed by atoms with E-state index in [-0.39, 0.29) is 24.0 Å². The van der Waals surface area contributed by atoms with E-state index in [1.54, 1.807) is 0 Å². The second-order valence-corrected chi connectivity index (χ2v) is 6.53. The van der Waals surface area contributed by atoms with Crippen LogP contribution in [-0.4, -0.2) is 23.3 Å². The number of benzene rings is 1. The van der Waals surface area contributed by atoms with E-state index in [1.165, 1.54) is 43.5 Å². The molecular weight excluding hydrogens is 298 g/mol. The standard InChI is InChI=1S/C17H19NO5/c19-16(12-3-5-15(6-4-12)18(21)22)10-23-17(20)9-14-8-11-1-2-13(14)7-11/h3-6,11,13-14H,1-2,7-10H2. The molecule has 3 rings (SSSR count). The minimum absolute atomic E-state index is 0.0742. The molecule has 1 aromatic rings. The van der Waals surface area contributed by atoms with Crippen LogP contribution in [0.5, 0.6) is 0 Å². The summed E-state index contributed by atoms with van der Waals surface area (Å²) in [6.07, 6.45) is 5.24. The number of nitro groups is 1. The molecule has 122 valence electrons. The summed E-state index contributed by atoms with van der Waals surface area (Å²) in [6.45, 7) is -0.308. The number of hydrogen-bond acceptors (Lipinski definition) is 5. The van der Waals surface area contributed by atoms with Gasteiger partial charge >= 0.3 is 5.97 Å². The van der Waals surface area contributed by atoms with Gasteiger partial charge in [-0.2, -0.15) is 0 Å². The van der Waals surface area contributed by atoms with Crippen LogP contribution in [0.25, 0.3) is 0 Å². The zero-order valence-corrected chi connectivity index (χ0v) is 12.8. The molecule has 2 fully saturated rings. The molecule has 3 unspecified atom stereocenters. The Morgan fingerprint density at radius 3 is 2.48 bits per heavy atom. The lowest BCUT2D eigenvalue weighted by molar-refractivity contribution is -0.384. The van der Waals surface area contributed by atoms with Crippen LogP contribution >= 0.6 is 0 Å². The number of ether oxygens (including phenoxy) is 1. The quantitative estimate of drug-likeness (QED) is 0.348. The lowest BCUT2D eigenvalue weighted by atomic mass is 9.86. The van der Waals surface area contributed by atoms with Gasteiger partial charge < -0.3 is 4.74 Å². The smallest absolute Gasteiger partial charge is 0.306 e. The van der Waals surface area contributed by atoms with Crippen molar-refractivity contribution in [1.29, 1.82) is 0 Å². The van der Waals surface area contributed by atoms with Crippen molar-refractivity contribution in [3.05, 3.63) is 39.9 Å². The van der Waals surface area contributed by atoms with Gasteiger partial charge in [-0.05, 0) is 49.1 Å². The summed E-state index contributed by atoms with van der Waals surface area (Å²) < 4.78 is 5.08. The van der Waals surface area contributed by atoms with Crippen LogP contribution in [0.2, 0.25) is 0 Å². The van der Waals surface area contributed by atoms with Crippen molar-refractivity contribution in [3.63, 3.8) is 0 Å². The van der Waals surface area contributed by atoms with Gasteiger partial charge in [0.05, 0.1) is 4.92 Å². The van der Waals surface area contributed by atoms with E-state index >= 15 is 0 Å². The first-order valence-corrected chi connectivity index (χ1v) is 7.96. The number of Topliss-reactive ketones (excluding diaryl/α,β-unsaturated/α-hetero) is 1. The summed E-state index contributed by atoms with van der Waals surface area (Å²) in [7, 11) is 0. The number of fused-ring (bicyclic) bond motifs is 2. The number of carbonyl (C=O) groups is 2. The fourth-order valence-electron chi connectivity index (χ4n) is 3.90. The SMILES string of the molecule is O=C(CC1CC2CCC1C2)OCC(=O)c1ccc([N+](=O)[O-])cc1. The Bertz CT molecular complexity index is 624. The van der Waals surface area contributed by atoms with Gasteiger partial charge in [-0.1, -0.05) is 6.42 Å². The number of esters is 1. The molecule has 2 saturated carbocycles. The first-order valence-electron chi connectivity index (χ1n) is 7.96. The fourth-order valence-corrected chi connectivity index (χ4v) is 3.90. The summed E-state index contributed by atoms with van der Waals surface area (Å²) in [5.41, 5.74) is 0.234. The predicted molar refractivity (Wildman–Crippen MR) is 81.9 cm³/mol. The summed E-state index contributed by atoms with van der Waals surface area (Å²) in [4.78, 5) is 33.9. The Morgan fingerprint density at radius 2 is 1.91 bits per heavy atom. The molecule has 0 spiro atoms. The highest BCUT2D eigenvalue weighted by atomic mass is 16.6. The molecule has 0 saturated heterocycles. The number of non-ortho nitro benzene ring substituents is 1. The van der Waals surface area contributed by atoms with Gasteiger partial charge in [-0.15, -0.1) is 0 Å². The van der Waals surface area contributed by atoms with Crippen molar-refractivity contribution in [3.8, 4) is 0 Å². The van der Waals surface area contributed by atoms with Gasteiger partial charge in [0.25, 0.3) is 5.69 Å². The Labute approximate surface area is 134 Å². The highest BCUT2D eigenvalue weighted by Crippen LogP contribution is 2.49. The van der Waals surface area contributed by atoms with E-state index in [0.717, 1.165) is 12.3 Å². The van der Waals surface area contributed by atoms with Crippen LogP contribution in [0.3, 0.4) is 0 Å². The second kappa shape index (κ2) is 6.48. The van der Waals surface area contributed by atoms with Gasteiger partial charge in [0.2, 0.25) is 0 Å². The highest BCUT2D eigenvalue weighted by molar-refractivity contribution is 5.98. The van der Waals surface area contributed by atoms with Crippen LogP contribution in [0, 0.1) is 27.9 Å². The summed E-state index contributed by atoms with van der Waals surface area (Å²) in [5, 5.41) is 10.6. The second-order valence-electron chi connectivity index (χ2n) is 6.53. The number of ketones is 1. The van der Waals surface area contributed by atoms with E-state index in [9.17, 15) is 19.7 Å². The molecule has 2 aliphatic rings. The fraction of sp³-hybridized carbons (Fsp3) is 0.529. The van der Waals surface area contributed by atoms with E-state index in [0.29, 0.717) is 23.8 Å². The zero-order chi connectivity index (χ0) is 16.4. The van der Waals surface area contributed by atoms with E-state index in [1.807, 2.05) is 0 Å². The van der Waals surface area contributed by atoms with E-state index in [4.69, 9.17) is 4.74 Å². The summed E-state index contributed by atoms with van der Waals surface area (Å²) in [6, 6.07) is 5.29. The number of hydrogen-bond donors (Lipinski definition) is 0. The van der Waals surface area contributed by atoms with E-state index < -0.39 is 4.92 Å². The van der Waals surface area contributed by atoms with Crippen molar-refractivity contribution in [1.82, 2.24) is 0 Å². The maximum absolute atomic E-state index is 11.9. The van der Waals surface area contributed by atoms with Crippen LogP contribution < -0.4 is 0 Å². The monoisotopic (exact) mass is 317 g/mol. The average Bonchev–Trinajstić information content (AvgIpc) is 3.15. The minimum Gasteiger partial charge on any atom is -0.457 e. The summed E-state index contributed by atoms with van der Waals surface area (Å²) in [5.74, 6) is 1.17. The number of carbonyl (C=O) groups excluding carboxylic acids is 2. The third-order valence-corrected chi connectivity index (χ3v) is 5.08. The molecule has 3 atom stereocenters. The van der Waals surface area contributed by atoms with Crippen LogP contribution in [0.15, 0.2) is 24.3 Å². The van der Waals surface area contributed by atoms with Gasteiger partial charge in [0.15, 0.2) is 12.4 Å². The maximum atomic E-state index is 11.9. The first kappa shape index (κ1) is 15.6. The molecule has 6 nitrogen and oxygen atoms in total. The van der Waals surface area contributed by atoms with Gasteiger partial charge in [0.1, 0.15) is 0 Å². The van der Waals surface area contributed by atoms with Crippen molar-refractivity contribution in [2.24, 2.45) is 17.8 Å². The molecule has 0 radical (unpaired) electrons. The normalized spacial score (nSPS) is 25.3. The van der Waals surface area contributed by atoms with Crippen LogP contribution in [0.1, 0.15) is 42.5 Å². The lowest BCUT2D eigenvalue weighted by Gasteiger charge is -2.20. The topological polar surface area (TPSA) is 86.5 Å². The molecule has 0 heterocycles. The van der Waals surface area contributed by atoms with Crippen LogP contribution in [-0.2, 0) is 9.53 Å². The van der Waals surface area contributed by atoms with Gasteiger partial charge in [0, 0.05) is 24.1 Å². The molecule has 0 N–H and O–H groups in total. The largest absolute Gasteiger partial charge is 0.457 e. The maximum Gasteiger partial charge on any atom is 0.306 e.